The van der Waals surface area contributed by atoms with Crippen LogP contribution in [0.15, 0.2) is 23.6 Å². The van der Waals surface area contributed by atoms with Gasteiger partial charge in [0.2, 0.25) is 5.95 Å². The van der Waals surface area contributed by atoms with Gasteiger partial charge in [-0.3, -0.25) is 0 Å². The number of fused-ring (bicyclic) bond motifs is 1. The maximum absolute atomic E-state index is 5.73. The van der Waals surface area contributed by atoms with Crippen molar-refractivity contribution < 1.29 is 0 Å². The third-order valence-electron chi connectivity index (χ3n) is 2.54. The lowest BCUT2D eigenvalue weighted by Crippen LogP contribution is -2.03. The summed E-state index contributed by atoms with van der Waals surface area (Å²) in [5.41, 5.74) is 5.73. The number of thiophene rings is 2. The summed E-state index contributed by atoms with van der Waals surface area (Å²) in [5, 5.41) is 6.44. The van der Waals surface area contributed by atoms with Crippen molar-refractivity contribution in [3.63, 3.8) is 0 Å². The summed E-state index contributed by atoms with van der Waals surface area (Å²) in [5.74, 6) is 1.13. The number of aryl methyl sites for hydroxylation is 1. The lowest BCUT2D eigenvalue weighted by atomic mass is 10.3. The van der Waals surface area contributed by atoms with Gasteiger partial charge in [0.15, 0.2) is 0 Å². The van der Waals surface area contributed by atoms with Gasteiger partial charge in [0.1, 0.15) is 10.6 Å². The molecular formula is C12H12N4S2. The van der Waals surface area contributed by atoms with Crippen LogP contribution in [0.5, 0.6) is 0 Å². The summed E-state index contributed by atoms with van der Waals surface area (Å²) in [7, 11) is 0. The van der Waals surface area contributed by atoms with E-state index in [1.165, 1.54) is 9.75 Å². The molecule has 3 aromatic heterocycles. The number of hydrogen-bond donors (Lipinski definition) is 2. The molecule has 0 saturated carbocycles. The van der Waals surface area contributed by atoms with E-state index in [1.807, 2.05) is 6.07 Å². The second kappa shape index (κ2) is 4.55. The highest BCUT2D eigenvalue weighted by molar-refractivity contribution is 7.18. The molecule has 0 spiro atoms. The summed E-state index contributed by atoms with van der Waals surface area (Å²) in [6, 6.07) is 6.23. The molecule has 3 N–H and O–H groups in total. The van der Waals surface area contributed by atoms with E-state index in [0.29, 0.717) is 5.95 Å². The fourth-order valence-electron chi connectivity index (χ4n) is 1.78. The molecule has 3 heterocycles. The van der Waals surface area contributed by atoms with E-state index in [4.69, 9.17) is 5.73 Å². The Hall–Kier alpha value is -1.66. The topological polar surface area (TPSA) is 63.8 Å². The van der Waals surface area contributed by atoms with Crippen molar-refractivity contribution in [2.45, 2.75) is 13.5 Å². The Labute approximate surface area is 113 Å². The van der Waals surface area contributed by atoms with Crippen LogP contribution in [-0.4, -0.2) is 9.97 Å². The normalized spacial score (nSPS) is 10.9. The Morgan fingerprint density at radius 3 is 3.06 bits per heavy atom. The van der Waals surface area contributed by atoms with Crippen molar-refractivity contribution in [3.8, 4) is 0 Å². The molecule has 4 nitrogen and oxygen atoms in total. The van der Waals surface area contributed by atoms with Crippen LogP contribution in [0.4, 0.5) is 11.8 Å². The summed E-state index contributed by atoms with van der Waals surface area (Å²) < 4.78 is 0. The van der Waals surface area contributed by atoms with Crippen molar-refractivity contribution in [2.24, 2.45) is 0 Å². The van der Waals surface area contributed by atoms with E-state index in [-0.39, 0.29) is 0 Å². The first-order valence-corrected chi connectivity index (χ1v) is 7.22. The first-order valence-electron chi connectivity index (χ1n) is 5.52. The van der Waals surface area contributed by atoms with Crippen molar-refractivity contribution in [1.29, 1.82) is 0 Å². The van der Waals surface area contributed by atoms with Crippen LogP contribution < -0.4 is 11.1 Å². The van der Waals surface area contributed by atoms with Gasteiger partial charge in [0.05, 0.1) is 11.9 Å². The lowest BCUT2D eigenvalue weighted by Gasteiger charge is -2.05. The Morgan fingerprint density at radius 2 is 2.28 bits per heavy atom. The minimum Gasteiger partial charge on any atom is -0.368 e. The zero-order chi connectivity index (χ0) is 12.5. The molecule has 3 aromatic rings. The smallest absolute Gasteiger partial charge is 0.223 e. The van der Waals surface area contributed by atoms with Gasteiger partial charge in [-0.15, -0.1) is 22.7 Å². The minimum absolute atomic E-state index is 0.318. The van der Waals surface area contributed by atoms with Crippen LogP contribution in [0.3, 0.4) is 0 Å². The molecule has 0 atom stereocenters. The zero-order valence-corrected chi connectivity index (χ0v) is 11.4. The number of anilines is 2. The fourth-order valence-corrected chi connectivity index (χ4v) is 3.31. The molecule has 0 bridgehead atoms. The summed E-state index contributed by atoms with van der Waals surface area (Å²) in [6.45, 7) is 2.82. The molecule has 0 aliphatic heterocycles. The van der Waals surface area contributed by atoms with Gasteiger partial charge in [-0.1, -0.05) is 6.07 Å². The van der Waals surface area contributed by atoms with Gasteiger partial charge in [-0.25, -0.2) is 4.98 Å². The van der Waals surface area contributed by atoms with E-state index in [2.05, 4.69) is 39.7 Å². The maximum Gasteiger partial charge on any atom is 0.223 e. The van der Waals surface area contributed by atoms with Crippen molar-refractivity contribution in [2.75, 3.05) is 11.1 Å². The number of aromatic nitrogens is 2. The van der Waals surface area contributed by atoms with Crippen LogP contribution in [0.2, 0.25) is 0 Å². The predicted octanol–water partition coefficient (Wildman–Crippen LogP) is 3.26. The van der Waals surface area contributed by atoms with Crippen molar-refractivity contribution in [3.05, 3.63) is 33.3 Å². The Bertz CT molecular complexity index is 673. The molecule has 6 heteroatoms. The molecule has 0 aromatic carbocycles. The molecule has 0 aliphatic carbocycles. The van der Waals surface area contributed by atoms with Crippen LogP contribution in [0.25, 0.3) is 10.2 Å². The molecule has 0 aliphatic rings. The van der Waals surface area contributed by atoms with Crippen LogP contribution >= 0.6 is 22.7 Å². The lowest BCUT2D eigenvalue weighted by molar-refractivity contribution is 1.14. The number of nitrogen functional groups attached to an aromatic ring is 1. The highest BCUT2D eigenvalue weighted by Gasteiger charge is 2.09. The first kappa shape index (κ1) is 11.4. The van der Waals surface area contributed by atoms with Gasteiger partial charge in [0, 0.05) is 9.75 Å². The number of nitrogens with one attached hydrogen (secondary N) is 1. The van der Waals surface area contributed by atoms with Crippen LogP contribution in [-0.2, 0) is 6.54 Å². The number of rotatable bonds is 3. The minimum atomic E-state index is 0.318. The molecule has 0 fully saturated rings. The molecule has 0 amide bonds. The second-order valence-electron chi connectivity index (χ2n) is 3.94. The van der Waals surface area contributed by atoms with Gasteiger partial charge in [-0.2, -0.15) is 4.98 Å². The summed E-state index contributed by atoms with van der Waals surface area (Å²) >= 11 is 3.36. The molecule has 0 radical (unpaired) electrons. The van der Waals surface area contributed by atoms with Gasteiger partial charge in [0.25, 0.3) is 0 Å². The first-order chi connectivity index (χ1) is 8.72. The predicted molar refractivity (Wildman–Crippen MR) is 78.2 cm³/mol. The van der Waals surface area contributed by atoms with E-state index in [1.54, 1.807) is 22.7 Å². The quantitative estimate of drug-likeness (QED) is 0.770. The summed E-state index contributed by atoms with van der Waals surface area (Å²) in [6.07, 6.45) is 0. The van der Waals surface area contributed by atoms with E-state index in [0.717, 1.165) is 22.6 Å². The number of nitrogens with zero attached hydrogens (tertiary/aromatic N) is 2. The molecule has 0 unspecified atom stereocenters. The maximum atomic E-state index is 5.73. The number of nitrogens with two attached hydrogens (primary N) is 1. The average Bonchev–Trinajstić information content (AvgIpc) is 2.93. The van der Waals surface area contributed by atoms with Crippen molar-refractivity contribution >= 4 is 44.7 Å². The van der Waals surface area contributed by atoms with Crippen molar-refractivity contribution in [1.82, 2.24) is 9.97 Å². The molecule has 0 saturated heterocycles. The average molecular weight is 276 g/mol. The monoisotopic (exact) mass is 276 g/mol. The van der Waals surface area contributed by atoms with Crippen LogP contribution in [0.1, 0.15) is 9.75 Å². The standard InChI is InChI=1S/C12H12N4S2/c1-7-5-9-10(14-6-8-3-2-4-17-8)15-12(13)16-11(9)18-7/h2-5H,6H2,1H3,(H3,13,14,15,16). The molecule has 92 valence electrons. The largest absolute Gasteiger partial charge is 0.368 e. The molecule has 18 heavy (non-hydrogen) atoms. The fraction of sp³-hybridized carbons (Fsp3) is 0.167. The summed E-state index contributed by atoms with van der Waals surface area (Å²) in [4.78, 5) is 12.0. The van der Waals surface area contributed by atoms with E-state index >= 15 is 0 Å². The van der Waals surface area contributed by atoms with Crippen LogP contribution in [0, 0.1) is 6.92 Å². The van der Waals surface area contributed by atoms with Gasteiger partial charge in [-0.05, 0) is 24.4 Å². The zero-order valence-electron chi connectivity index (χ0n) is 9.80. The Balaban J connectivity index is 1.95. The Morgan fingerprint density at radius 1 is 1.39 bits per heavy atom. The molecular weight excluding hydrogens is 264 g/mol. The highest BCUT2D eigenvalue weighted by atomic mass is 32.1. The highest BCUT2D eigenvalue weighted by Crippen LogP contribution is 2.29. The van der Waals surface area contributed by atoms with Gasteiger partial charge < -0.3 is 11.1 Å². The Kier molecular flexibility index (Phi) is 2.89. The SMILES string of the molecule is Cc1cc2c(NCc3cccs3)nc(N)nc2s1. The van der Waals surface area contributed by atoms with E-state index < -0.39 is 0 Å². The third-order valence-corrected chi connectivity index (χ3v) is 4.36. The van der Waals surface area contributed by atoms with Gasteiger partial charge >= 0.3 is 0 Å². The number of hydrogen-bond acceptors (Lipinski definition) is 6. The molecule has 3 rings (SSSR count). The second-order valence-corrected chi connectivity index (χ2v) is 6.21. The third kappa shape index (κ3) is 2.16. The van der Waals surface area contributed by atoms with E-state index in [9.17, 15) is 0 Å².